The van der Waals surface area contributed by atoms with Gasteiger partial charge in [0.25, 0.3) is 5.91 Å². The molecule has 5 rings (SSSR count). The fourth-order valence-electron chi connectivity index (χ4n) is 4.87. The third-order valence-electron chi connectivity index (χ3n) is 7.29. The number of thiazole rings is 1. The van der Waals surface area contributed by atoms with Gasteiger partial charge >= 0.3 is 5.97 Å². The molecule has 48 heavy (non-hydrogen) atoms. The van der Waals surface area contributed by atoms with E-state index in [0.717, 1.165) is 28.0 Å². The summed E-state index contributed by atoms with van der Waals surface area (Å²) in [6.45, 7) is 7.26. The van der Waals surface area contributed by atoms with E-state index >= 15 is 0 Å². The van der Waals surface area contributed by atoms with E-state index in [2.05, 4.69) is 29.1 Å². The van der Waals surface area contributed by atoms with Gasteiger partial charge < -0.3 is 4.74 Å². The average Bonchev–Trinajstić information content (AvgIpc) is 3.48. The van der Waals surface area contributed by atoms with Crippen molar-refractivity contribution in [2.24, 2.45) is 0 Å². The van der Waals surface area contributed by atoms with E-state index in [9.17, 15) is 18.0 Å². The first kappa shape index (κ1) is 35.0. The third kappa shape index (κ3) is 8.96. The van der Waals surface area contributed by atoms with Gasteiger partial charge in [-0.25, -0.2) is 13.4 Å². The standard InChI is InChI=1S/C37H36ClN3O5S2/c1-5-24-11-13-27(14-12-24)33-32(26-15-19-29(38)20-16-26)39-36(47-33)40-34(42)28-17-21-30(22-18-28)48(44,45)41-31(35(43)46-37(2,3)4)23-25-9-7-6-8-10-25/h6-22,31,41H,5,23H2,1-4H3,(H,39,40,42). The molecule has 5 aromatic rings. The second-order valence-corrected chi connectivity index (χ2v) is 15.3. The monoisotopic (exact) mass is 701 g/mol. The maximum Gasteiger partial charge on any atom is 0.325 e. The molecule has 1 heterocycles. The summed E-state index contributed by atoms with van der Waals surface area (Å²) in [7, 11) is -4.16. The summed E-state index contributed by atoms with van der Waals surface area (Å²) in [6, 6.07) is 29.0. The first-order valence-corrected chi connectivity index (χ1v) is 18.1. The van der Waals surface area contributed by atoms with Crippen molar-refractivity contribution in [2.45, 2.75) is 57.1 Å². The molecule has 0 aliphatic carbocycles. The molecule has 0 fully saturated rings. The van der Waals surface area contributed by atoms with Crippen LogP contribution < -0.4 is 10.0 Å². The molecule has 0 radical (unpaired) electrons. The van der Waals surface area contributed by atoms with Crippen molar-refractivity contribution in [1.82, 2.24) is 9.71 Å². The highest BCUT2D eigenvalue weighted by Crippen LogP contribution is 2.39. The summed E-state index contributed by atoms with van der Waals surface area (Å²) >= 11 is 7.47. The summed E-state index contributed by atoms with van der Waals surface area (Å²) in [4.78, 5) is 31.9. The van der Waals surface area contributed by atoms with Crippen molar-refractivity contribution < 1.29 is 22.7 Å². The third-order valence-corrected chi connectivity index (χ3v) is 10.0. The van der Waals surface area contributed by atoms with E-state index in [-0.39, 0.29) is 16.9 Å². The largest absolute Gasteiger partial charge is 0.459 e. The number of ether oxygens (including phenoxy) is 1. The summed E-state index contributed by atoms with van der Waals surface area (Å²) in [6.07, 6.45) is 1.02. The lowest BCUT2D eigenvalue weighted by Crippen LogP contribution is -2.45. The summed E-state index contributed by atoms with van der Waals surface area (Å²) in [5.41, 5.74) is 3.93. The lowest BCUT2D eigenvalue weighted by atomic mass is 10.0. The van der Waals surface area contributed by atoms with Gasteiger partial charge in [-0.2, -0.15) is 4.72 Å². The normalized spacial score (nSPS) is 12.4. The number of aryl methyl sites for hydroxylation is 1. The smallest absolute Gasteiger partial charge is 0.325 e. The molecule has 0 aliphatic heterocycles. The lowest BCUT2D eigenvalue weighted by molar-refractivity contribution is -0.156. The number of sulfonamides is 1. The minimum Gasteiger partial charge on any atom is -0.459 e. The van der Waals surface area contributed by atoms with E-state index in [0.29, 0.717) is 15.8 Å². The van der Waals surface area contributed by atoms with E-state index in [1.54, 1.807) is 32.9 Å². The van der Waals surface area contributed by atoms with E-state index < -0.39 is 33.5 Å². The van der Waals surface area contributed by atoms with Crippen LogP contribution in [0.3, 0.4) is 0 Å². The number of carbonyl (C=O) groups is 2. The molecule has 1 amide bonds. The SMILES string of the molecule is CCc1ccc(-c2sc(NC(=O)c3ccc(S(=O)(=O)NC(Cc4ccccc4)C(=O)OC(C)(C)C)cc3)nc2-c2ccc(Cl)cc2)cc1. The Kier molecular flexibility index (Phi) is 10.8. The zero-order valence-corrected chi connectivity index (χ0v) is 29.4. The Morgan fingerprint density at radius 2 is 1.48 bits per heavy atom. The van der Waals surface area contributed by atoms with Gasteiger partial charge in [-0.3, -0.25) is 14.9 Å². The van der Waals surface area contributed by atoms with E-state index in [4.69, 9.17) is 21.3 Å². The van der Waals surface area contributed by atoms with Crippen molar-refractivity contribution in [3.05, 3.63) is 125 Å². The van der Waals surface area contributed by atoms with Crippen LogP contribution in [-0.2, 0) is 32.4 Å². The number of anilines is 1. The minimum atomic E-state index is -4.16. The number of nitrogens with zero attached hydrogens (tertiary/aromatic N) is 1. The fraction of sp³-hybridized carbons (Fsp3) is 0.216. The number of hydrogen-bond donors (Lipinski definition) is 2. The molecule has 0 bridgehead atoms. The van der Waals surface area contributed by atoms with Crippen LogP contribution in [0.25, 0.3) is 21.7 Å². The number of carbonyl (C=O) groups excluding carboxylic acids is 2. The first-order valence-electron chi connectivity index (χ1n) is 15.4. The Balaban J connectivity index is 1.35. The molecule has 0 spiro atoms. The number of halogens is 1. The average molecular weight is 702 g/mol. The first-order chi connectivity index (χ1) is 22.8. The Bertz CT molecular complexity index is 1990. The lowest BCUT2D eigenvalue weighted by Gasteiger charge is -2.24. The van der Waals surface area contributed by atoms with Gasteiger partial charge in [0.2, 0.25) is 10.0 Å². The maximum atomic E-state index is 13.4. The van der Waals surface area contributed by atoms with Gasteiger partial charge in [-0.15, -0.1) is 0 Å². The van der Waals surface area contributed by atoms with E-state index in [1.807, 2.05) is 54.6 Å². The van der Waals surface area contributed by atoms with Gasteiger partial charge in [0.1, 0.15) is 11.6 Å². The van der Waals surface area contributed by atoms with Gasteiger partial charge in [0.15, 0.2) is 5.13 Å². The summed E-state index contributed by atoms with van der Waals surface area (Å²) in [5, 5.41) is 3.86. The summed E-state index contributed by atoms with van der Waals surface area (Å²) in [5.74, 6) is -1.14. The van der Waals surface area contributed by atoms with Crippen LogP contribution in [0.1, 0.15) is 49.2 Å². The molecule has 4 aromatic carbocycles. The molecule has 1 unspecified atom stereocenters. The van der Waals surface area contributed by atoms with Crippen LogP contribution >= 0.6 is 22.9 Å². The Morgan fingerprint density at radius 1 is 0.854 bits per heavy atom. The fourth-order valence-corrected chi connectivity index (χ4v) is 7.17. The Labute approximate surface area is 290 Å². The molecule has 1 aromatic heterocycles. The molecular formula is C37H36ClN3O5S2. The number of amides is 1. The molecule has 8 nitrogen and oxygen atoms in total. The molecular weight excluding hydrogens is 666 g/mol. The summed E-state index contributed by atoms with van der Waals surface area (Å²) < 4.78 is 34.8. The number of aromatic nitrogens is 1. The van der Waals surface area contributed by atoms with Crippen LogP contribution in [0.4, 0.5) is 5.13 Å². The number of nitrogens with one attached hydrogen (secondary N) is 2. The van der Waals surface area contributed by atoms with E-state index in [1.165, 1.54) is 41.2 Å². The van der Waals surface area contributed by atoms with Crippen LogP contribution in [0.2, 0.25) is 5.02 Å². The van der Waals surface area contributed by atoms with Crippen molar-refractivity contribution in [2.75, 3.05) is 5.32 Å². The van der Waals surface area contributed by atoms with Crippen LogP contribution in [0, 0.1) is 0 Å². The molecule has 11 heteroatoms. The van der Waals surface area contributed by atoms with Crippen molar-refractivity contribution in [3.63, 3.8) is 0 Å². The molecule has 2 N–H and O–H groups in total. The van der Waals surface area contributed by atoms with Crippen molar-refractivity contribution in [1.29, 1.82) is 0 Å². The second-order valence-electron chi connectivity index (χ2n) is 12.1. The van der Waals surface area contributed by atoms with Gasteiger partial charge in [-0.1, -0.05) is 96.6 Å². The quantitative estimate of drug-likeness (QED) is 0.134. The van der Waals surface area contributed by atoms with Crippen LogP contribution in [-0.4, -0.2) is 36.9 Å². The van der Waals surface area contributed by atoms with Gasteiger partial charge in [0.05, 0.1) is 15.5 Å². The molecule has 0 saturated carbocycles. The van der Waals surface area contributed by atoms with Gasteiger partial charge in [-0.05, 0) is 86.7 Å². The minimum absolute atomic E-state index is 0.0993. The van der Waals surface area contributed by atoms with Crippen molar-refractivity contribution >= 4 is 50.0 Å². The predicted molar refractivity (Wildman–Crippen MR) is 192 cm³/mol. The second kappa shape index (κ2) is 14.8. The molecule has 1 atom stereocenters. The zero-order valence-electron chi connectivity index (χ0n) is 27.0. The molecule has 0 saturated heterocycles. The predicted octanol–water partition coefficient (Wildman–Crippen LogP) is 8.18. The number of benzene rings is 4. The highest BCUT2D eigenvalue weighted by Gasteiger charge is 2.30. The zero-order chi connectivity index (χ0) is 34.5. The number of rotatable bonds is 11. The van der Waals surface area contributed by atoms with Crippen LogP contribution in [0.15, 0.2) is 108 Å². The van der Waals surface area contributed by atoms with Crippen LogP contribution in [0.5, 0.6) is 0 Å². The van der Waals surface area contributed by atoms with Gasteiger partial charge in [0, 0.05) is 16.1 Å². The maximum absolute atomic E-state index is 13.4. The van der Waals surface area contributed by atoms with Crippen molar-refractivity contribution in [3.8, 4) is 21.7 Å². The number of hydrogen-bond acceptors (Lipinski definition) is 7. The number of esters is 1. The topological polar surface area (TPSA) is 114 Å². The molecule has 248 valence electrons. The Morgan fingerprint density at radius 3 is 2.08 bits per heavy atom. The molecule has 0 aliphatic rings. The highest BCUT2D eigenvalue weighted by atomic mass is 35.5. The Hall–Kier alpha value is -4.35. The highest BCUT2D eigenvalue weighted by molar-refractivity contribution is 7.89.